The van der Waals surface area contributed by atoms with E-state index in [0.717, 1.165) is 35.7 Å². The molecular formula is C20H17Cl2N3OS. The zero-order valence-electron chi connectivity index (χ0n) is 14.4. The topological polar surface area (TPSA) is 45.2 Å². The zero-order valence-corrected chi connectivity index (χ0v) is 16.7. The lowest BCUT2D eigenvalue weighted by Gasteiger charge is -2.29. The van der Waals surface area contributed by atoms with Gasteiger partial charge in [-0.15, -0.1) is 0 Å². The molecule has 2 aromatic carbocycles. The van der Waals surface area contributed by atoms with Crippen molar-refractivity contribution in [2.24, 2.45) is 0 Å². The first-order valence-corrected chi connectivity index (χ1v) is 10.5. The monoisotopic (exact) mass is 417 g/mol. The second-order valence-electron chi connectivity index (χ2n) is 6.25. The molecule has 0 bridgehead atoms. The van der Waals surface area contributed by atoms with E-state index in [4.69, 9.17) is 23.2 Å². The Morgan fingerprint density at radius 1 is 1.11 bits per heavy atom. The maximum Gasteiger partial charge on any atom is 0.257 e. The molecule has 4 rings (SSSR count). The van der Waals surface area contributed by atoms with Crippen molar-refractivity contribution in [3.05, 3.63) is 64.3 Å². The molecule has 1 saturated heterocycles. The molecule has 0 atom stereocenters. The van der Waals surface area contributed by atoms with Gasteiger partial charge in [0.1, 0.15) is 0 Å². The fourth-order valence-electron chi connectivity index (χ4n) is 3.17. The van der Waals surface area contributed by atoms with E-state index in [1.807, 2.05) is 36.0 Å². The number of aromatic nitrogens is 1. The Kier molecular flexibility index (Phi) is 5.43. The lowest BCUT2D eigenvalue weighted by atomic mass is 10.1. The van der Waals surface area contributed by atoms with E-state index in [9.17, 15) is 4.79 Å². The molecule has 138 valence electrons. The smallest absolute Gasteiger partial charge is 0.257 e. The van der Waals surface area contributed by atoms with Crippen molar-refractivity contribution in [2.45, 2.75) is 0 Å². The van der Waals surface area contributed by atoms with Crippen molar-refractivity contribution in [3.8, 4) is 0 Å². The number of rotatable bonds is 3. The molecule has 0 unspecified atom stereocenters. The van der Waals surface area contributed by atoms with E-state index >= 15 is 0 Å². The molecule has 2 heterocycles. The first-order chi connectivity index (χ1) is 13.1. The second kappa shape index (κ2) is 7.97. The summed E-state index contributed by atoms with van der Waals surface area (Å²) >= 11 is 14.6. The van der Waals surface area contributed by atoms with E-state index in [-0.39, 0.29) is 5.91 Å². The number of carbonyl (C=O) groups excluding carboxylic acids is 1. The van der Waals surface area contributed by atoms with Crippen LogP contribution in [0, 0.1) is 0 Å². The lowest BCUT2D eigenvalue weighted by Crippen LogP contribution is -2.32. The number of hydrogen-bond donors (Lipinski definition) is 1. The largest absolute Gasteiger partial charge is 0.369 e. The minimum Gasteiger partial charge on any atom is -0.369 e. The first kappa shape index (κ1) is 18.4. The Balaban J connectivity index is 1.59. The van der Waals surface area contributed by atoms with Gasteiger partial charge in [-0.05, 0) is 36.4 Å². The fraction of sp³-hybridized carbons (Fsp3) is 0.200. The lowest BCUT2D eigenvalue weighted by molar-refractivity contribution is 0.102. The summed E-state index contributed by atoms with van der Waals surface area (Å²) in [5.41, 5.74) is 2.70. The van der Waals surface area contributed by atoms with Gasteiger partial charge >= 0.3 is 0 Å². The number of halogens is 2. The summed E-state index contributed by atoms with van der Waals surface area (Å²) in [7, 11) is 0. The van der Waals surface area contributed by atoms with Crippen LogP contribution in [0.4, 0.5) is 11.4 Å². The van der Waals surface area contributed by atoms with Crippen LogP contribution in [0.15, 0.2) is 48.7 Å². The van der Waals surface area contributed by atoms with Crippen LogP contribution < -0.4 is 10.2 Å². The highest BCUT2D eigenvalue weighted by Gasteiger charge is 2.16. The van der Waals surface area contributed by atoms with Gasteiger partial charge in [0.15, 0.2) is 0 Å². The van der Waals surface area contributed by atoms with Gasteiger partial charge in [-0.1, -0.05) is 29.3 Å². The third-order valence-electron chi connectivity index (χ3n) is 4.47. The minimum atomic E-state index is -0.264. The van der Waals surface area contributed by atoms with Gasteiger partial charge < -0.3 is 10.2 Å². The number of hydrogen-bond acceptors (Lipinski definition) is 4. The summed E-state index contributed by atoms with van der Waals surface area (Å²) in [5.74, 6) is 1.94. The molecule has 1 aromatic heterocycles. The fourth-order valence-corrected chi connectivity index (χ4v) is 4.60. The number of nitrogens with one attached hydrogen (secondary N) is 1. The maximum atomic E-state index is 12.8. The van der Waals surface area contributed by atoms with Gasteiger partial charge in [0.2, 0.25) is 0 Å². The van der Waals surface area contributed by atoms with Gasteiger partial charge in [0.25, 0.3) is 5.91 Å². The number of thioether (sulfide) groups is 1. The van der Waals surface area contributed by atoms with E-state index in [2.05, 4.69) is 15.2 Å². The molecular weight excluding hydrogens is 401 g/mol. The molecule has 0 saturated carbocycles. The summed E-state index contributed by atoms with van der Waals surface area (Å²) < 4.78 is 0. The number of nitrogens with zero attached hydrogens (tertiary/aromatic N) is 2. The standard InChI is InChI=1S/C20H17Cl2N3OS/c21-14-10-13-2-1-5-23-19(13)16(11-14)20(26)24-15-3-4-18(17(22)12-15)25-6-8-27-9-7-25/h1-5,10-12H,6-9H2,(H,24,26). The van der Waals surface area contributed by atoms with E-state index in [1.165, 1.54) is 0 Å². The van der Waals surface area contributed by atoms with Crippen LogP contribution in [-0.4, -0.2) is 35.5 Å². The predicted molar refractivity (Wildman–Crippen MR) is 116 cm³/mol. The molecule has 1 fully saturated rings. The SMILES string of the molecule is O=C(Nc1ccc(N2CCSCC2)c(Cl)c1)c1cc(Cl)cc2cccnc12. The second-order valence-corrected chi connectivity index (χ2v) is 8.32. The van der Waals surface area contributed by atoms with Gasteiger partial charge in [-0.3, -0.25) is 9.78 Å². The van der Waals surface area contributed by atoms with Crippen LogP contribution >= 0.6 is 35.0 Å². The van der Waals surface area contributed by atoms with Crippen LogP contribution in [0.3, 0.4) is 0 Å². The molecule has 27 heavy (non-hydrogen) atoms. The average molecular weight is 418 g/mol. The third-order valence-corrected chi connectivity index (χ3v) is 5.94. The molecule has 3 aromatic rings. The third kappa shape index (κ3) is 4.00. The minimum absolute atomic E-state index is 0.264. The molecule has 1 N–H and O–H groups in total. The Hall–Kier alpha value is -1.95. The highest BCUT2D eigenvalue weighted by Crippen LogP contribution is 2.31. The molecule has 0 aliphatic carbocycles. The highest BCUT2D eigenvalue weighted by molar-refractivity contribution is 7.99. The van der Waals surface area contributed by atoms with Crippen molar-refractivity contribution in [1.29, 1.82) is 0 Å². The quantitative estimate of drug-likeness (QED) is 0.623. The molecule has 1 amide bonds. The molecule has 1 aliphatic rings. The maximum absolute atomic E-state index is 12.8. The van der Waals surface area contributed by atoms with Crippen molar-refractivity contribution < 1.29 is 4.79 Å². The van der Waals surface area contributed by atoms with Gasteiger partial charge in [-0.2, -0.15) is 11.8 Å². The van der Waals surface area contributed by atoms with Crippen molar-refractivity contribution >= 4 is 63.1 Å². The Labute approximate surface area is 171 Å². The van der Waals surface area contributed by atoms with E-state index in [1.54, 1.807) is 24.4 Å². The number of carbonyl (C=O) groups is 1. The summed E-state index contributed by atoms with van der Waals surface area (Å²) in [6, 6.07) is 12.8. The van der Waals surface area contributed by atoms with Crippen molar-refractivity contribution in [1.82, 2.24) is 4.98 Å². The Bertz CT molecular complexity index is 1010. The number of pyridine rings is 1. The number of benzene rings is 2. The molecule has 0 spiro atoms. The van der Waals surface area contributed by atoms with Crippen molar-refractivity contribution in [3.63, 3.8) is 0 Å². The van der Waals surface area contributed by atoms with E-state index < -0.39 is 0 Å². The normalized spacial score (nSPS) is 14.4. The first-order valence-electron chi connectivity index (χ1n) is 8.60. The molecule has 4 nitrogen and oxygen atoms in total. The van der Waals surface area contributed by atoms with E-state index in [0.29, 0.717) is 26.8 Å². The van der Waals surface area contributed by atoms with Gasteiger partial charge in [-0.25, -0.2) is 0 Å². The average Bonchev–Trinajstić information content (AvgIpc) is 2.68. The summed E-state index contributed by atoms with van der Waals surface area (Å²) in [6.07, 6.45) is 1.66. The van der Waals surface area contributed by atoms with Gasteiger partial charge in [0, 0.05) is 46.9 Å². The summed E-state index contributed by atoms with van der Waals surface area (Å²) in [6.45, 7) is 1.96. The van der Waals surface area contributed by atoms with Crippen LogP contribution in [0.25, 0.3) is 10.9 Å². The Morgan fingerprint density at radius 2 is 1.93 bits per heavy atom. The van der Waals surface area contributed by atoms with Crippen LogP contribution in [-0.2, 0) is 0 Å². The molecule has 1 aliphatic heterocycles. The molecule has 0 radical (unpaired) electrons. The van der Waals surface area contributed by atoms with Gasteiger partial charge in [0.05, 0.1) is 21.8 Å². The summed E-state index contributed by atoms with van der Waals surface area (Å²) in [5, 5.41) is 4.86. The van der Waals surface area contributed by atoms with Crippen molar-refractivity contribution in [2.75, 3.05) is 34.8 Å². The van der Waals surface area contributed by atoms with Crippen LogP contribution in [0.2, 0.25) is 10.0 Å². The van der Waals surface area contributed by atoms with Crippen LogP contribution in [0.5, 0.6) is 0 Å². The Morgan fingerprint density at radius 3 is 2.70 bits per heavy atom. The number of amides is 1. The zero-order chi connectivity index (χ0) is 18.8. The summed E-state index contributed by atoms with van der Waals surface area (Å²) in [4.78, 5) is 19.4. The van der Waals surface area contributed by atoms with Crippen LogP contribution in [0.1, 0.15) is 10.4 Å². The predicted octanol–water partition coefficient (Wildman–Crippen LogP) is 5.35. The molecule has 7 heteroatoms. The highest BCUT2D eigenvalue weighted by atomic mass is 35.5. The number of fused-ring (bicyclic) bond motifs is 1. The number of anilines is 2.